The summed E-state index contributed by atoms with van der Waals surface area (Å²) in [7, 11) is 2.04. The van der Waals surface area contributed by atoms with E-state index in [4.69, 9.17) is 4.98 Å². The Kier molecular flexibility index (Phi) is 5.42. The number of benzene rings is 2. The molecule has 0 amide bonds. The summed E-state index contributed by atoms with van der Waals surface area (Å²) in [5.74, 6) is 1.77. The largest absolute Gasteiger partial charge is 0.368 e. The highest BCUT2D eigenvalue weighted by atomic mass is 15.3. The first kappa shape index (κ1) is 18.3. The summed E-state index contributed by atoms with van der Waals surface area (Å²) >= 11 is 0. The first-order valence-corrected chi connectivity index (χ1v) is 9.84. The lowest BCUT2D eigenvalue weighted by molar-refractivity contribution is 0.646. The number of hydrogen-bond acceptors (Lipinski definition) is 5. The molecule has 0 unspecified atom stereocenters. The van der Waals surface area contributed by atoms with Gasteiger partial charge < -0.3 is 14.7 Å². The zero-order valence-corrected chi connectivity index (χ0v) is 16.6. The molecule has 28 heavy (non-hydrogen) atoms. The Balaban J connectivity index is 1.41. The van der Waals surface area contributed by atoms with Crippen LogP contribution in [0.3, 0.4) is 0 Å². The molecule has 1 aliphatic rings. The number of anilines is 3. The van der Waals surface area contributed by atoms with Crippen molar-refractivity contribution in [3.8, 4) is 0 Å². The molecule has 3 aromatic rings. The van der Waals surface area contributed by atoms with E-state index < -0.39 is 0 Å². The van der Waals surface area contributed by atoms with Crippen LogP contribution >= 0.6 is 0 Å². The van der Waals surface area contributed by atoms with E-state index in [1.54, 1.807) is 0 Å². The number of nitrogens with zero attached hydrogens (tertiary/aromatic N) is 5. The monoisotopic (exact) mass is 373 g/mol. The zero-order valence-electron chi connectivity index (χ0n) is 16.6. The van der Waals surface area contributed by atoms with Gasteiger partial charge in [-0.3, -0.25) is 0 Å². The van der Waals surface area contributed by atoms with Crippen molar-refractivity contribution < 1.29 is 0 Å². The Labute approximate surface area is 167 Å². The minimum atomic E-state index is 0.766. The Morgan fingerprint density at radius 1 is 0.893 bits per heavy atom. The predicted molar refractivity (Wildman–Crippen MR) is 116 cm³/mol. The highest BCUT2D eigenvalue weighted by Gasteiger charge is 2.19. The molecule has 1 aromatic heterocycles. The standard InChI is InChI=1S/C23H27N5/c1-19-7-6-10-21(17-19)27-13-15-28(16-14-27)22-11-12-24-23(25-22)26(2)18-20-8-4-3-5-9-20/h3-12,17H,13-16,18H2,1-2H3. The maximum atomic E-state index is 4.83. The van der Waals surface area contributed by atoms with Crippen molar-refractivity contribution in [3.63, 3.8) is 0 Å². The number of aryl methyl sites for hydroxylation is 1. The van der Waals surface area contributed by atoms with Crippen molar-refractivity contribution in [3.05, 3.63) is 78.0 Å². The summed E-state index contributed by atoms with van der Waals surface area (Å²) < 4.78 is 0. The summed E-state index contributed by atoms with van der Waals surface area (Å²) in [4.78, 5) is 16.2. The Morgan fingerprint density at radius 2 is 1.64 bits per heavy atom. The first-order valence-electron chi connectivity index (χ1n) is 9.84. The molecule has 0 bridgehead atoms. The van der Waals surface area contributed by atoms with Crippen molar-refractivity contribution in [1.29, 1.82) is 0 Å². The minimum absolute atomic E-state index is 0.766. The van der Waals surface area contributed by atoms with Crippen LogP contribution in [0.5, 0.6) is 0 Å². The molecule has 0 N–H and O–H groups in total. The van der Waals surface area contributed by atoms with Gasteiger partial charge in [0.25, 0.3) is 0 Å². The fourth-order valence-electron chi connectivity index (χ4n) is 3.65. The van der Waals surface area contributed by atoms with E-state index in [9.17, 15) is 0 Å². The fraction of sp³-hybridized carbons (Fsp3) is 0.304. The van der Waals surface area contributed by atoms with Crippen LogP contribution in [-0.4, -0.2) is 43.2 Å². The van der Waals surface area contributed by atoms with Crippen LogP contribution in [0.15, 0.2) is 66.9 Å². The molecule has 1 fully saturated rings. The van der Waals surface area contributed by atoms with Gasteiger partial charge in [-0.25, -0.2) is 4.98 Å². The van der Waals surface area contributed by atoms with Crippen molar-refractivity contribution in [2.24, 2.45) is 0 Å². The van der Waals surface area contributed by atoms with Gasteiger partial charge in [-0.1, -0.05) is 42.5 Å². The van der Waals surface area contributed by atoms with E-state index in [2.05, 4.69) is 75.1 Å². The Morgan fingerprint density at radius 3 is 2.39 bits per heavy atom. The Bertz CT molecular complexity index is 904. The zero-order chi connectivity index (χ0) is 19.3. The molecule has 2 aromatic carbocycles. The third kappa shape index (κ3) is 4.25. The molecule has 0 spiro atoms. The normalized spacial score (nSPS) is 14.2. The van der Waals surface area contributed by atoms with Crippen molar-refractivity contribution in [2.45, 2.75) is 13.5 Å². The number of rotatable bonds is 5. The van der Waals surface area contributed by atoms with Crippen LogP contribution in [0.1, 0.15) is 11.1 Å². The van der Waals surface area contributed by atoms with E-state index in [0.717, 1.165) is 44.5 Å². The fourth-order valence-corrected chi connectivity index (χ4v) is 3.65. The summed E-state index contributed by atoms with van der Waals surface area (Å²) in [5.41, 5.74) is 3.87. The average Bonchev–Trinajstić information content (AvgIpc) is 2.75. The molecule has 144 valence electrons. The maximum absolute atomic E-state index is 4.83. The van der Waals surface area contributed by atoms with Crippen molar-refractivity contribution in [2.75, 3.05) is 47.9 Å². The van der Waals surface area contributed by atoms with E-state index in [1.165, 1.54) is 16.8 Å². The lowest BCUT2D eigenvalue weighted by Gasteiger charge is -2.37. The lowest BCUT2D eigenvalue weighted by atomic mass is 10.2. The van der Waals surface area contributed by atoms with E-state index in [0.29, 0.717) is 0 Å². The molecule has 5 heteroatoms. The van der Waals surface area contributed by atoms with Crippen LogP contribution in [0, 0.1) is 6.92 Å². The molecule has 2 heterocycles. The third-order valence-electron chi connectivity index (χ3n) is 5.20. The maximum Gasteiger partial charge on any atom is 0.227 e. The molecule has 1 aliphatic heterocycles. The summed E-state index contributed by atoms with van der Waals surface area (Å²) in [6.45, 7) is 6.88. The molecule has 4 rings (SSSR count). The van der Waals surface area contributed by atoms with Crippen LogP contribution < -0.4 is 14.7 Å². The topological polar surface area (TPSA) is 35.5 Å². The van der Waals surface area contributed by atoms with E-state index in [-0.39, 0.29) is 0 Å². The Hall–Kier alpha value is -3.08. The van der Waals surface area contributed by atoms with Crippen LogP contribution in [0.4, 0.5) is 17.5 Å². The second-order valence-electron chi connectivity index (χ2n) is 7.37. The van der Waals surface area contributed by atoms with Gasteiger partial charge in [0.2, 0.25) is 5.95 Å². The molecule has 0 aliphatic carbocycles. The number of hydrogen-bond donors (Lipinski definition) is 0. The van der Waals surface area contributed by atoms with Gasteiger partial charge in [-0.15, -0.1) is 0 Å². The molecule has 5 nitrogen and oxygen atoms in total. The molecule has 0 saturated carbocycles. The third-order valence-corrected chi connectivity index (χ3v) is 5.20. The highest BCUT2D eigenvalue weighted by molar-refractivity contribution is 5.51. The van der Waals surface area contributed by atoms with E-state index in [1.807, 2.05) is 25.4 Å². The average molecular weight is 374 g/mol. The quantitative estimate of drug-likeness (QED) is 0.681. The van der Waals surface area contributed by atoms with E-state index >= 15 is 0 Å². The second-order valence-corrected chi connectivity index (χ2v) is 7.37. The van der Waals surface area contributed by atoms with Crippen LogP contribution in [-0.2, 0) is 6.54 Å². The SMILES string of the molecule is Cc1cccc(N2CCN(c3ccnc(N(C)Cc4ccccc4)n3)CC2)c1. The van der Waals surface area contributed by atoms with Crippen molar-refractivity contribution >= 4 is 17.5 Å². The molecule has 0 atom stereocenters. The van der Waals surface area contributed by atoms with Gasteiger partial charge in [0.1, 0.15) is 5.82 Å². The molecule has 0 radical (unpaired) electrons. The molecular weight excluding hydrogens is 346 g/mol. The lowest BCUT2D eigenvalue weighted by Crippen LogP contribution is -2.47. The van der Waals surface area contributed by atoms with Gasteiger partial charge >= 0.3 is 0 Å². The van der Waals surface area contributed by atoms with Gasteiger partial charge in [-0.2, -0.15) is 4.98 Å². The predicted octanol–water partition coefficient (Wildman–Crippen LogP) is 3.75. The summed E-state index contributed by atoms with van der Waals surface area (Å²) in [6, 6.07) is 21.2. The molecule has 1 saturated heterocycles. The van der Waals surface area contributed by atoms with Gasteiger partial charge in [0, 0.05) is 51.7 Å². The van der Waals surface area contributed by atoms with Gasteiger partial charge in [0.15, 0.2) is 0 Å². The number of aromatic nitrogens is 2. The van der Waals surface area contributed by atoms with Gasteiger partial charge in [0.05, 0.1) is 0 Å². The second kappa shape index (κ2) is 8.30. The summed E-state index contributed by atoms with van der Waals surface area (Å²) in [5, 5.41) is 0. The van der Waals surface area contributed by atoms with Crippen LogP contribution in [0.2, 0.25) is 0 Å². The number of piperazine rings is 1. The first-order chi connectivity index (χ1) is 13.7. The van der Waals surface area contributed by atoms with Gasteiger partial charge in [-0.05, 0) is 36.2 Å². The highest BCUT2D eigenvalue weighted by Crippen LogP contribution is 2.21. The minimum Gasteiger partial charge on any atom is -0.368 e. The molecular formula is C23H27N5. The van der Waals surface area contributed by atoms with Crippen LogP contribution in [0.25, 0.3) is 0 Å². The van der Waals surface area contributed by atoms with Crippen molar-refractivity contribution in [1.82, 2.24) is 9.97 Å². The smallest absolute Gasteiger partial charge is 0.227 e. The summed E-state index contributed by atoms with van der Waals surface area (Å²) in [6.07, 6.45) is 1.87.